The molecule has 0 aliphatic heterocycles. The highest BCUT2D eigenvalue weighted by molar-refractivity contribution is 4.80. The lowest BCUT2D eigenvalue weighted by Crippen LogP contribution is -1.73. The summed E-state index contributed by atoms with van der Waals surface area (Å²) in [5.41, 5.74) is 0. The number of rotatable bonds is 5. The van der Waals surface area contributed by atoms with Crippen LogP contribution >= 0.6 is 0 Å². The Morgan fingerprint density at radius 3 is 2.56 bits per heavy atom. The van der Waals surface area contributed by atoms with Crippen LogP contribution in [-0.4, -0.2) is 11.7 Å². The third-order valence-electron chi connectivity index (χ3n) is 1.25. The van der Waals surface area contributed by atoms with Crippen LogP contribution in [0.2, 0.25) is 0 Å². The van der Waals surface area contributed by atoms with Gasteiger partial charge in [0.15, 0.2) is 0 Å². The van der Waals surface area contributed by atoms with E-state index in [4.69, 9.17) is 5.11 Å². The summed E-state index contributed by atoms with van der Waals surface area (Å²) in [5.74, 6) is 0. The molecule has 0 unspecified atom stereocenters. The zero-order chi connectivity index (χ0) is 6.95. The number of unbranched alkanes of at least 4 members (excludes halogenated alkanes) is 3. The quantitative estimate of drug-likeness (QED) is 0.444. The first kappa shape index (κ1) is 8.70. The van der Waals surface area contributed by atoms with Gasteiger partial charge < -0.3 is 5.11 Å². The van der Waals surface area contributed by atoms with E-state index in [-0.39, 0.29) is 6.61 Å². The number of hydrogen-bond acceptors (Lipinski definition) is 1. The highest BCUT2D eigenvalue weighted by atomic mass is 16.2. The van der Waals surface area contributed by atoms with Gasteiger partial charge in [-0.1, -0.05) is 31.9 Å². The third kappa shape index (κ3) is 7.70. The molecule has 0 aromatic carbocycles. The Labute approximate surface area is 57.4 Å². The van der Waals surface area contributed by atoms with Crippen molar-refractivity contribution in [3.05, 3.63) is 12.2 Å². The average Bonchev–Trinajstić information content (AvgIpc) is 1.89. The molecule has 0 heterocycles. The van der Waals surface area contributed by atoms with Gasteiger partial charge in [0.1, 0.15) is 0 Å². The fourth-order valence-corrected chi connectivity index (χ4v) is 0.705. The summed E-state index contributed by atoms with van der Waals surface area (Å²) < 4.78 is 0. The molecule has 1 heteroatoms. The zero-order valence-corrected chi connectivity index (χ0v) is 6.14. The van der Waals surface area contributed by atoms with E-state index in [1.807, 2.05) is 6.08 Å². The van der Waals surface area contributed by atoms with Gasteiger partial charge >= 0.3 is 0 Å². The lowest BCUT2D eigenvalue weighted by molar-refractivity contribution is 0.342. The standard InChI is InChI=1S/C8H16O/c1-2-3-4-5-6-7-8-9/h6-7,9H,2-5,8H2,1H3/b7-6-. The van der Waals surface area contributed by atoms with Crippen molar-refractivity contribution in [3.63, 3.8) is 0 Å². The van der Waals surface area contributed by atoms with Crippen molar-refractivity contribution in [2.24, 2.45) is 0 Å². The van der Waals surface area contributed by atoms with Crippen LogP contribution in [0.3, 0.4) is 0 Å². The van der Waals surface area contributed by atoms with Crippen LogP contribution < -0.4 is 0 Å². The molecule has 0 radical (unpaired) electrons. The van der Waals surface area contributed by atoms with E-state index in [0.29, 0.717) is 0 Å². The number of aliphatic hydroxyl groups is 1. The molecule has 0 aromatic heterocycles. The van der Waals surface area contributed by atoms with Crippen LogP contribution in [0, 0.1) is 0 Å². The van der Waals surface area contributed by atoms with E-state index in [0.717, 1.165) is 6.42 Å². The molecule has 1 N–H and O–H groups in total. The number of aliphatic hydroxyl groups excluding tert-OH is 1. The summed E-state index contributed by atoms with van der Waals surface area (Å²) in [7, 11) is 0. The number of allylic oxidation sites excluding steroid dienone is 1. The smallest absolute Gasteiger partial charge is 0.0612 e. The van der Waals surface area contributed by atoms with E-state index in [2.05, 4.69) is 6.92 Å². The second-order valence-electron chi connectivity index (χ2n) is 2.15. The minimum Gasteiger partial charge on any atom is -0.392 e. The first-order valence-corrected chi connectivity index (χ1v) is 3.67. The van der Waals surface area contributed by atoms with Crippen LogP contribution in [0.25, 0.3) is 0 Å². The van der Waals surface area contributed by atoms with Gasteiger partial charge in [-0.3, -0.25) is 0 Å². The summed E-state index contributed by atoms with van der Waals surface area (Å²) in [6, 6.07) is 0. The van der Waals surface area contributed by atoms with Crippen molar-refractivity contribution < 1.29 is 5.11 Å². The lowest BCUT2D eigenvalue weighted by Gasteiger charge is -1.89. The van der Waals surface area contributed by atoms with Gasteiger partial charge in [0.05, 0.1) is 6.61 Å². The maximum Gasteiger partial charge on any atom is 0.0612 e. The van der Waals surface area contributed by atoms with Crippen LogP contribution in [0.1, 0.15) is 32.6 Å². The maximum atomic E-state index is 8.34. The molecule has 0 aliphatic carbocycles. The topological polar surface area (TPSA) is 20.2 Å². The van der Waals surface area contributed by atoms with Gasteiger partial charge in [-0.25, -0.2) is 0 Å². The largest absolute Gasteiger partial charge is 0.392 e. The maximum absolute atomic E-state index is 8.34. The molecule has 0 atom stereocenters. The summed E-state index contributed by atoms with van der Waals surface area (Å²) in [6.45, 7) is 2.38. The van der Waals surface area contributed by atoms with Gasteiger partial charge in [-0.2, -0.15) is 0 Å². The molecule has 0 spiro atoms. The monoisotopic (exact) mass is 128 g/mol. The van der Waals surface area contributed by atoms with Crippen LogP contribution in [0.15, 0.2) is 12.2 Å². The van der Waals surface area contributed by atoms with E-state index in [1.54, 1.807) is 6.08 Å². The van der Waals surface area contributed by atoms with E-state index in [9.17, 15) is 0 Å². The second kappa shape index (κ2) is 7.70. The van der Waals surface area contributed by atoms with Gasteiger partial charge in [0.25, 0.3) is 0 Å². The highest BCUT2D eigenvalue weighted by Gasteiger charge is 1.79. The second-order valence-corrected chi connectivity index (χ2v) is 2.15. The van der Waals surface area contributed by atoms with Crippen LogP contribution in [0.5, 0.6) is 0 Å². The first-order chi connectivity index (χ1) is 4.41. The van der Waals surface area contributed by atoms with Gasteiger partial charge in [-0.15, -0.1) is 0 Å². The molecule has 9 heavy (non-hydrogen) atoms. The van der Waals surface area contributed by atoms with Crippen molar-refractivity contribution in [1.29, 1.82) is 0 Å². The molecular weight excluding hydrogens is 112 g/mol. The molecule has 0 bridgehead atoms. The molecule has 0 amide bonds. The summed E-state index contributed by atoms with van der Waals surface area (Å²) in [5, 5.41) is 8.34. The molecule has 54 valence electrons. The van der Waals surface area contributed by atoms with E-state index >= 15 is 0 Å². The minimum atomic E-state index is 0.187. The van der Waals surface area contributed by atoms with E-state index in [1.165, 1.54) is 19.3 Å². The Hall–Kier alpha value is -0.300. The van der Waals surface area contributed by atoms with Crippen molar-refractivity contribution in [3.8, 4) is 0 Å². The Bertz CT molecular complexity index is 67.0. The first-order valence-electron chi connectivity index (χ1n) is 3.67. The van der Waals surface area contributed by atoms with Crippen molar-refractivity contribution in [2.45, 2.75) is 32.6 Å². The molecule has 0 fully saturated rings. The van der Waals surface area contributed by atoms with Gasteiger partial charge in [-0.05, 0) is 12.8 Å². The van der Waals surface area contributed by atoms with Crippen LogP contribution in [0.4, 0.5) is 0 Å². The third-order valence-corrected chi connectivity index (χ3v) is 1.25. The lowest BCUT2D eigenvalue weighted by atomic mass is 10.2. The van der Waals surface area contributed by atoms with Crippen molar-refractivity contribution in [1.82, 2.24) is 0 Å². The van der Waals surface area contributed by atoms with Gasteiger partial charge in [0.2, 0.25) is 0 Å². The Morgan fingerprint density at radius 2 is 2.00 bits per heavy atom. The Morgan fingerprint density at radius 1 is 1.22 bits per heavy atom. The molecule has 1 nitrogen and oxygen atoms in total. The predicted octanol–water partition coefficient (Wildman–Crippen LogP) is 2.12. The normalized spacial score (nSPS) is 10.9. The zero-order valence-electron chi connectivity index (χ0n) is 6.14. The SMILES string of the molecule is CCCCC/C=C\CO. The molecular formula is C8H16O. The molecule has 0 saturated carbocycles. The summed E-state index contributed by atoms with van der Waals surface area (Å²) in [4.78, 5) is 0. The average molecular weight is 128 g/mol. The van der Waals surface area contributed by atoms with Crippen LogP contribution in [-0.2, 0) is 0 Å². The Balaban J connectivity index is 2.82. The minimum absolute atomic E-state index is 0.187. The summed E-state index contributed by atoms with van der Waals surface area (Å²) in [6.07, 6.45) is 8.79. The van der Waals surface area contributed by atoms with E-state index < -0.39 is 0 Å². The molecule has 0 saturated heterocycles. The van der Waals surface area contributed by atoms with Crippen molar-refractivity contribution >= 4 is 0 Å². The molecule has 0 aromatic rings. The molecule has 0 rings (SSSR count). The fourth-order valence-electron chi connectivity index (χ4n) is 0.705. The van der Waals surface area contributed by atoms with Crippen molar-refractivity contribution in [2.75, 3.05) is 6.61 Å². The van der Waals surface area contributed by atoms with Gasteiger partial charge in [0, 0.05) is 0 Å². The summed E-state index contributed by atoms with van der Waals surface area (Å²) >= 11 is 0. The Kier molecular flexibility index (Phi) is 7.44. The number of hydrogen-bond donors (Lipinski definition) is 1. The highest BCUT2D eigenvalue weighted by Crippen LogP contribution is 1.98. The predicted molar refractivity (Wildman–Crippen MR) is 40.4 cm³/mol. The molecule has 0 aliphatic rings. The fraction of sp³-hybridized carbons (Fsp3) is 0.750.